The lowest BCUT2D eigenvalue weighted by atomic mass is 10.1. The third kappa shape index (κ3) is 5.52. The summed E-state index contributed by atoms with van der Waals surface area (Å²) in [5.74, 6) is -1.96. The lowest BCUT2D eigenvalue weighted by Gasteiger charge is -2.06. The zero-order valence-corrected chi connectivity index (χ0v) is 14.7. The van der Waals surface area contributed by atoms with E-state index in [0.717, 1.165) is 5.56 Å². The second-order valence-corrected chi connectivity index (χ2v) is 6.80. The number of carboxylic acids is 1. The van der Waals surface area contributed by atoms with E-state index in [1.807, 2.05) is 0 Å². The fourth-order valence-corrected chi connectivity index (χ4v) is 3.16. The van der Waals surface area contributed by atoms with E-state index in [-0.39, 0.29) is 17.1 Å². The van der Waals surface area contributed by atoms with Crippen molar-refractivity contribution in [1.82, 2.24) is 0 Å². The molecule has 1 atom stereocenters. The zero-order valence-electron chi connectivity index (χ0n) is 13.9. The van der Waals surface area contributed by atoms with Gasteiger partial charge in [0.15, 0.2) is 0 Å². The molecule has 8 heteroatoms. The Hall–Kier alpha value is -3.00. The number of esters is 1. The fraction of sp³-hybridized carbons (Fsp3) is 0.167. The van der Waals surface area contributed by atoms with Crippen molar-refractivity contribution < 1.29 is 28.4 Å². The standard InChI is InChI=1S/C18H17NO6S/c1-25-18(23)14-4-2-12(3-5-14)10-26(24)11-16(20)19-15-8-6-13(7-9-15)17(21)22/h2-9H,10-11H2,1H3,(H,19,20)(H,21,22). The molecule has 26 heavy (non-hydrogen) atoms. The Kier molecular flexibility index (Phi) is 6.62. The van der Waals surface area contributed by atoms with Gasteiger partial charge >= 0.3 is 11.9 Å². The molecule has 0 fully saturated rings. The van der Waals surface area contributed by atoms with Crippen LogP contribution in [0.2, 0.25) is 0 Å². The van der Waals surface area contributed by atoms with Gasteiger partial charge in [-0.05, 0) is 42.0 Å². The number of ether oxygens (including phenoxy) is 1. The van der Waals surface area contributed by atoms with E-state index in [4.69, 9.17) is 5.11 Å². The van der Waals surface area contributed by atoms with Gasteiger partial charge in [-0.25, -0.2) is 9.59 Å². The summed E-state index contributed by atoms with van der Waals surface area (Å²) in [6.07, 6.45) is 0. The molecule has 0 saturated heterocycles. The molecule has 0 aliphatic heterocycles. The number of hydrogen-bond donors (Lipinski definition) is 2. The zero-order chi connectivity index (χ0) is 19.1. The number of hydrogen-bond acceptors (Lipinski definition) is 5. The number of carbonyl (C=O) groups excluding carboxylic acids is 2. The smallest absolute Gasteiger partial charge is 0.337 e. The average molecular weight is 375 g/mol. The van der Waals surface area contributed by atoms with Crippen molar-refractivity contribution in [2.75, 3.05) is 18.2 Å². The lowest BCUT2D eigenvalue weighted by Crippen LogP contribution is -2.20. The minimum Gasteiger partial charge on any atom is -0.478 e. The Morgan fingerprint density at radius 3 is 2.12 bits per heavy atom. The number of rotatable bonds is 7. The van der Waals surface area contributed by atoms with Crippen molar-refractivity contribution in [3.8, 4) is 0 Å². The van der Waals surface area contributed by atoms with Gasteiger partial charge < -0.3 is 15.2 Å². The summed E-state index contributed by atoms with van der Waals surface area (Å²) in [5, 5.41) is 11.4. The number of amides is 1. The van der Waals surface area contributed by atoms with Crippen molar-refractivity contribution in [2.45, 2.75) is 5.75 Å². The van der Waals surface area contributed by atoms with Gasteiger partial charge in [-0.2, -0.15) is 0 Å². The van der Waals surface area contributed by atoms with Crippen LogP contribution < -0.4 is 5.32 Å². The highest BCUT2D eigenvalue weighted by Crippen LogP contribution is 2.11. The van der Waals surface area contributed by atoms with Gasteiger partial charge in [-0.15, -0.1) is 0 Å². The molecule has 0 bridgehead atoms. The number of methoxy groups -OCH3 is 1. The van der Waals surface area contributed by atoms with Crippen molar-refractivity contribution in [2.24, 2.45) is 0 Å². The average Bonchev–Trinajstić information content (AvgIpc) is 2.61. The molecule has 2 aromatic carbocycles. The second-order valence-electron chi connectivity index (χ2n) is 5.35. The van der Waals surface area contributed by atoms with Crippen molar-refractivity contribution in [3.63, 3.8) is 0 Å². The highest BCUT2D eigenvalue weighted by molar-refractivity contribution is 7.84. The van der Waals surface area contributed by atoms with Gasteiger partial charge in [0.2, 0.25) is 5.91 Å². The van der Waals surface area contributed by atoms with E-state index in [0.29, 0.717) is 11.3 Å². The molecule has 1 unspecified atom stereocenters. The van der Waals surface area contributed by atoms with Crippen LogP contribution in [-0.4, -0.2) is 40.0 Å². The maximum atomic E-state index is 12.1. The minimum atomic E-state index is -1.43. The third-order valence-corrected chi connectivity index (χ3v) is 4.65. The van der Waals surface area contributed by atoms with Crippen molar-refractivity contribution >= 4 is 34.3 Å². The summed E-state index contributed by atoms with van der Waals surface area (Å²) in [5.41, 5.74) is 1.67. The largest absolute Gasteiger partial charge is 0.478 e. The number of carboxylic acid groups (broad SMARTS) is 1. The molecule has 0 spiro atoms. The van der Waals surface area contributed by atoms with Crippen LogP contribution in [0.3, 0.4) is 0 Å². The van der Waals surface area contributed by atoms with E-state index < -0.39 is 28.6 Å². The highest BCUT2D eigenvalue weighted by Gasteiger charge is 2.11. The number of carbonyl (C=O) groups is 3. The van der Waals surface area contributed by atoms with E-state index in [9.17, 15) is 18.6 Å². The molecule has 2 aromatic rings. The Bertz CT molecular complexity index is 830. The first-order valence-corrected chi connectivity index (χ1v) is 9.03. The maximum absolute atomic E-state index is 12.1. The van der Waals surface area contributed by atoms with E-state index in [1.165, 1.54) is 31.4 Å². The molecule has 0 aliphatic carbocycles. The summed E-state index contributed by atoms with van der Waals surface area (Å²) >= 11 is 0. The number of nitrogens with one attached hydrogen (secondary N) is 1. The van der Waals surface area contributed by atoms with Crippen molar-refractivity contribution in [1.29, 1.82) is 0 Å². The summed E-state index contributed by atoms with van der Waals surface area (Å²) in [6, 6.07) is 12.1. The van der Waals surface area contributed by atoms with Crippen LogP contribution in [0.15, 0.2) is 48.5 Å². The van der Waals surface area contributed by atoms with Crippen LogP contribution in [0.5, 0.6) is 0 Å². The van der Waals surface area contributed by atoms with Gasteiger partial charge in [0.25, 0.3) is 0 Å². The third-order valence-electron chi connectivity index (χ3n) is 3.41. The molecule has 136 valence electrons. The molecular weight excluding hydrogens is 358 g/mol. The Balaban J connectivity index is 1.87. The number of aromatic carboxylic acids is 1. The molecule has 0 radical (unpaired) electrons. The maximum Gasteiger partial charge on any atom is 0.337 e. The molecule has 0 aromatic heterocycles. The summed E-state index contributed by atoms with van der Waals surface area (Å²) in [4.78, 5) is 34.1. The Morgan fingerprint density at radius 2 is 1.58 bits per heavy atom. The van der Waals surface area contributed by atoms with Crippen LogP contribution in [0.25, 0.3) is 0 Å². The van der Waals surface area contributed by atoms with Crippen LogP contribution in [0.4, 0.5) is 5.69 Å². The Labute approximate surface area is 152 Å². The number of anilines is 1. The lowest BCUT2D eigenvalue weighted by molar-refractivity contribution is -0.113. The molecule has 7 nitrogen and oxygen atoms in total. The van der Waals surface area contributed by atoms with Gasteiger partial charge in [0.05, 0.1) is 18.2 Å². The molecule has 2 rings (SSSR count). The van der Waals surface area contributed by atoms with Gasteiger partial charge in [-0.1, -0.05) is 12.1 Å². The first-order valence-electron chi connectivity index (χ1n) is 7.54. The molecule has 0 aliphatic rings. The summed E-state index contributed by atoms with van der Waals surface area (Å²) in [6.45, 7) is 0. The van der Waals surface area contributed by atoms with Crippen LogP contribution >= 0.6 is 0 Å². The molecule has 1 amide bonds. The molecule has 0 saturated carbocycles. The molecule has 2 N–H and O–H groups in total. The molecule has 0 heterocycles. The van der Waals surface area contributed by atoms with Crippen LogP contribution in [0, 0.1) is 0 Å². The summed E-state index contributed by atoms with van der Waals surface area (Å²) in [7, 11) is -0.137. The van der Waals surface area contributed by atoms with E-state index >= 15 is 0 Å². The fourth-order valence-electron chi connectivity index (χ4n) is 2.13. The first-order chi connectivity index (χ1) is 12.4. The monoisotopic (exact) mass is 375 g/mol. The second kappa shape index (κ2) is 8.91. The molecular formula is C18H17NO6S. The highest BCUT2D eigenvalue weighted by atomic mass is 32.2. The van der Waals surface area contributed by atoms with Crippen LogP contribution in [0.1, 0.15) is 26.3 Å². The first kappa shape index (κ1) is 19.3. The van der Waals surface area contributed by atoms with Gasteiger partial charge in [-0.3, -0.25) is 9.00 Å². The van der Waals surface area contributed by atoms with Gasteiger partial charge in [0, 0.05) is 22.2 Å². The van der Waals surface area contributed by atoms with Gasteiger partial charge in [0.1, 0.15) is 5.75 Å². The predicted molar refractivity (Wildman–Crippen MR) is 96.5 cm³/mol. The van der Waals surface area contributed by atoms with Crippen molar-refractivity contribution in [3.05, 3.63) is 65.2 Å². The number of benzene rings is 2. The Morgan fingerprint density at radius 1 is 1.00 bits per heavy atom. The minimum absolute atomic E-state index is 0.113. The van der Waals surface area contributed by atoms with E-state index in [1.54, 1.807) is 24.3 Å². The predicted octanol–water partition coefficient (Wildman–Crippen LogP) is 2.06. The quantitative estimate of drug-likeness (QED) is 0.717. The normalized spacial score (nSPS) is 11.4. The topological polar surface area (TPSA) is 110 Å². The van der Waals surface area contributed by atoms with Crippen LogP contribution in [-0.2, 0) is 26.1 Å². The SMILES string of the molecule is COC(=O)c1ccc(CS(=O)CC(=O)Nc2ccc(C(=O)O)cc2)cc1. The van der Waals surface area contributed by atoms with E-state index in [2.05, 4.69) is 10.1 Å². The summed E-state index contributed by atoms with van der Waals surface area (Å²) < 4.78 is 16.7.